The van der Waals surface area contributed by atoms with Crippen molar-refractivity contribution >= 4 is 11.6 Å². The smallest absolute Gasteiger partial charge is 0.223 e. The Hall–Kier alpha value is -1.62. The molecule has 1 amide bonds. The number of hydrogen-bond acceptors (Lipinski definition) is 3. The predicted molar refractivity (Wildman–Crippen MR) is 87.6 cm³/mol. The fourth-order valence-electron chi connectivity index (χ4n) is 2.63. The van der Waals surface area contributed by atoms with Crippen LogP contribution in [0.25, 0.3) is 0 Å². The fourth-order valence-corrected chi connectivity index (χ4v) is 2.63. The number of carbonyl (C=O) groups excluding carboxylic acids is 1. The molecular weight excluding hydrogens is 281 g/mol. The second kappa shape index (κ2) is 8.13. The molecule has 0 spiro atoms. The molecule has 1 fully saturated rings. The first kappa shape index (κ1) is 16.7. The maximum Gasteiger partial charge on any atom is 0.223 e. The van der Waals surface area contributed by atoms with Crippen LogP contribution < -0.4 is 10.2 Å². The molecule has 0 aromatic heterocycles. The summed E-state index contributed by atoms with van der Waals surface area (Å²) in [7, 11) is 0. The molecule has 0 aliphatic carbocycles. The van der Waals surface area contributed by atoms with E-state index >= 15 is 0 Å². The van der Waals surface area contributed by atoms with Gasteiger partial charge in [0.25, 0.3) is 0 Å². The number of benzene rings is 1. The number of anilines is 1. The van der Waals surface area contributed by atoms with E-state index in [9.17, 15) is 9.18 Å². The summed E-state index contributed by atoms with van der Waals surface area (Å²) in [6.45, 7) is 7.67. The van der Waals surface area contributed by atoms with Gasteiger partial charge in [0.2, 0.25) is 5.91 Å². The molecule has 1 aromatic carbocycles. The first-order chi connectivity index (χ1) is 10.6. The molecule has 122 valence electrons. The van der Waals surface area contributed by atoms with E-state index < -0.39 is 0 Å². The third-order valence-electron chi connectivity index (χ3n) is 4.27. The minimum absolute atomic E-state index is 0.184. The van der Waals surface area contributed by atoms with Crippen molar-refractivity contribution < 1.29 is 9.18 Å². The zero-order chi connectivity index (χ0) is 15.9. The molecule has 22 heavy (non-hydrogen) atoms. The van der Waals surface area contributed by atoms with Crippen LogP contribution >= 0.6 is 0 Å². The van der Waals surface area contributed by atoms with E-state index in [-0.39, 0.29) is 11.7 Å². The minimum Gasteiger partial charge on any atom is -0.366 e. The summed E-state index contributed by atoms with van der Waals surface area (Å²) in [6.07, 6.45) is 1.60. The van der Waals surface area contributed by atoms with Gasteiger partial charge in [-0.1, -0.05) is 19.1 Å². The van der Waals surface area contributed by atoms with Gasteiger partial charge in [0.15, 0.2) is 0 Å². The zero-order valence-electron chi connectivity index (χ0n) is 13.5. The van der Waals surface area contributed by atoms with Crippen molar-refractivity contribution in [2.75, 3.05) is 37.6 Å². The van der Waals surface area contributed by atoms with Crippen LogP contribution in [0.15, 0.2) is 24.3 Å². The molecule has 1 aromatic rings. The van der Waals surface area contributed by atoms with Gasteiger partial charge in [-0.3, -0.25) is 4.79 Å². The predicted octanol–water partition coefficient (Wildman–Crippen LogP) is 2.25. The highest BCUT2D eigenvalue weighted by Gasteiger charge is 2.22. The molecule has 1 saturated heterocycles. The number of nitrogens with zero attached hydrogens (tertiary/aromatic N) is 2. The number of hydrogen-bond donors (Lipinski definition) is 1. The van der Waals surface area contributed by atoms with Crippen molar-refractivity contribution in [3.05, 3.63) is 30.1 Å². The van der Waals surface area contributed by atoms with Gasteiger partial charge in [0.1, 0.15) is 5.82 Å². The van der Waals surface area contributed by atoms with E-state index in [1.54, 1.807) is 12.1 Å². The van der Waals surface area contributed by atoms with E-state index in [0.717, 1.165) is 13.0 Å². The molecule has 0 bridgehead atoms. The van der Waals surface area contributed by atoms with Gasteiger partial charge in [-0.25, -0.2) is 4.39 Å². The summed E-state index contributed by atoms with van der Waals surface area (Å²) >= 11 is 0. The van der Waals surface area contributed by atoms with E-state index in [4.69, 9.17) is 0 Å². The van der Waals surface area contributed by atoms with Crippen molar-refractivity contribution in [1.82, 2.24) is 10.2 Å². The maximum absolute atomic E-state index is 13.8. The molecule has 1 N–H and O–H groups in total. The minimum atomic E-state index is -0.194. The average molecular weight is 307 g/mol. The van der Waals surface area contributed by atoms with Gasteiger partial charge in [-0.05, 0) is 25.5 Å². The molecule has 0 saturated carbocycles. The lowest BCUT2D eigenvalue weighted by molar-refractivity contribution is -0.131. The van der Waals surface area contributed by atoms with Crippen molar-refractivity contribution in [3.8, 4) is 0 Å². The van der Waals surface area contributed by atoms with E-state index in [0.29, 0.717) is 44.3 Å². The van der Waals surface area contributed by atoms with Crippen LogP contribution in [-0.2, 0) is 4.79 Å². The number of rotatable bonds is 6. The number of halogens is 1. The van der Waals surface area contributed by atoms with Gasteiger partial charge >= 0.3 is 0 Å². The second-order valence-electron chi connectivity index (χ2n) is 5.83. The van der Waals surface area contributed by atoms with Crippen molar-refractivity contribution in [2.24, 2.45) is 0 Å². The molecule has 1 aliphatic heterocycles. The molecule has 5 heteroatoms. The summed E-state index contributed by atoms with van der Waals surface area (Å²) in [5.74, 6) is -0.0102. The first-order valence-corrected chi connectivity index (χ1v) is 8.12. The van der Waals surface area contributed by atoms with Crippen LogP contribution in [0.4, 0.5) is 10.1 Å². The number of para-hydroxylation sites is 1. The fraction of sp³-hybridized carbons (Fsp3) is 0.588. The normalized spacial score (nSPS) is 16.7. The standard InChI is InChI=1S/C17H26FN3O/c1-3-14(2)19-9-8-17(22)21-12-10-20(11-13-21)16-7-5-4-6-15(16)18/h4-7,14,19H,3,8-13H2,1-2H3. The Balaban J connectivity index is 1.77. The van der Waals surface area contributed by atoms with E-state index in [1.807, 2.05) is 15.9 Å². The van der Waals surface area contributed by atoms with Gasteiger partial charge in [-0.2, -0.15) is 0 Å². The van der Waals surface area contributed by atoms with Crippen LogP contribution in [0.5, 0.6) is 0 Å². The Morgan fingerprint density at radius 1 is 1.27 bits per heavy atom. The topological polar surface area (TPSA) is 35.6 Å². The van der Waals surface area contributed by atoms with Crippen LogP contribution in [0.2, 0.25) is 0 Å². The quantitative estimate of drug-likeness (QED) is 0.875. The molecule has 1 unspecified atom stereocenters. The molecule has 1 aliphatic rings. The molecule has 0 radical (unpaired) electrons. The van der Waals surface area contributed by atoms with Gasteiger partial charge in [0.05, 0.1) is 5.69 Å². The van der Waals surface area contributed by atoms with Crippen molar-refractivity contribution in [3.63, 3.8) is 0 Å². The lowest BCUT2D eigenvalue weighted by Gasteiger charge is -2.36. The van der Waals surface area contributed by atoms with Crippen molar-refractivity contribution in [2.45, 2.75) is 32.7 Å². The second-order valence-corrected chi connectivity index (χ2v) is 5.83. The highest BCUT2D eigenvalue weighted by molar-refractivity contribution is 5.76. The Kier molecular flexibility index (Phi) is 6.19. The molecule has 1 heterocycles. The molecule has 2 rings (SSSR count). The summed E-state index contributed by atoms with van der Waals surface area (Å²) in [5, 5.41) is 3.34. The number of piperazine rings is 1. The largest absolute Gasteiger partial charge is 0.366 e. The van der Waals surface area contributed by atoms with Gasteiger partial charge in [-0.15, -0.1) is 0 Å². The summed E-state index contributed by atoms with van der Waals surface area (Å²) in [4.78, 5) is 16.1. The maximum atomic E-state index is 13.8. The third kappa shape index (κ3) is 4.44. The zero-order valence-corrected chi connectivity index (χ0v) is 13.5. The van der Waals surface area contributed by atoms with E-state index in [2.05, 4.69) is 19.2 Å². The lowest BCUT2D eigenvalue weighted by atomic mass is 10.2. The molecular formula is C17H26FN3O. The Labute approximate surface area is 132 Å². The van der Waals surface area contributed by atoms with Crippen LogP contribution in [0.3, 0.4) is 0 Å². The molecule has 4 nitrogen and oxygen atoms in total. The number of carbonyl (C=O) groups is 1. The lowest BCUT2D eigenvalue weighted by Crippen LogP contribution is -2.49. The average Bonchev–Trinajstić information content (AvgIpc) is 2.55. The summed E-state index contributed by atoms with van der Waals surface area (Å²) < 4.78 is 13.8. The first-order valence-electron chi connectivity index (χ1n) is 8.12. The van der Waals surface area contributed by atoms with Crippen LogP contribution in [-0.4, -0.2) is 49.6 Å². The van der Waals surface area contributed by atoms with Gasteiger partial charge < -0.3 is 15.1 Å². The van der Waals surface area contributed by atoms with Crippen LogP contribution in [0, 0.1) is 5.82 Å². The third-order valence-corrected chi connectivity index (χ3v) is 4.27. The van der Waals surface area contributed by atoms with Crippen LogP contribution in [0.1, 0.15) is 26.7 Å². The number of nitrogens with one attached hydrogen (secondary N) is 1. The summed E-state index contributed by atoms with van der Waals surface area (Å²) in [6, 6.07) is 7.26. The van der Waals surface area contributed by atoms with Crippen molar-refractivity contribution in [1.29, 1.82) is 0 Å². The highest BCUT2D eigenvalue weighted by atomic mass is 19.1. The molecule has 1 atom stereocenters. The summed E-state index contributed by atoms with van der Waals surface area (Å²) in [5.41, 5.74) is 0.632. The Morgan fingerprint density at radius 2 is 1.95 bits per heavy atom. The highest BCUT2D eigenvalue weighted by Crippen LogP contribution is 2.20. The Morgan fingerprint density at radius 3 is 2.59 bits per heavy atom. The monoisotopic (exact) mass is 307 g/mol. The SMILES string of the molecule is CCC(C)NCCC(=O)N1CCN(c2ccccc2F)CC1. The Bertz CT molecular complexity index is 487. The number of amides is 1. The van der Waals surface area contributed by atoms with Gasteiger partial charge in [0, 0.05) is 45.2 Å². The van der Waals surface area contributed by atoms with E-state index in [1.165, 1.54) is 6.07 Å².